The third-order valence-electron chi connectivity index (χ3n) is 30.5. The molecule has 0 radical (unpaired) electrons. The predicted molar refractivity (Wildman–Crippen MR) is 620 cm³/mol. The van der Waals surface area contributed by atoms with E-state index in [4.69, 9.17) is 4.98 Å². The number of benzene rings is 27. The van der Waals surface area contributed by atoms with Gasteiger partial charge in [0.25, 0.3) is 0 Å². The first-order valence-electron chi connectivity index (χ1n) is 50.1. The fourth-order valence-corrected chi connectivity index (χ4v) is 23.9. The van der Waals surface area contributed by atoms with Crippen molar-refractivity contribution < 1.29 is 0 Å². The molecule has 0 aliphatic carbocycles. The largest absolute Gasteiger partial charge is 0.309 e. The summed E-state index contributed by atoms with van der Waals surface area (Å²) < 4.78 is 7.43. The molecule has 27 aromatic carbocycles. The molecule has 0 fully saturated rings. The molecule has 0 saturated heterocycles. The van der Waals surface area contributed by atoms with Gasteiger partial charge in [-0.25, -0.2) is 4.98 Å². The lowest BCUT2D eigenvalue weighted by Crippen LogP contribution is -1.95. The van der Waals surface area contributed by atoms with Gasteiger partial charge in [0.2, 0.25) is 0 Å². The normalized spacial score (nSPS) is 11.9. The standard InChI is InChI=1S/C61H38N2.C44H27N.C36H23N/c1-2-18-48(19-3-1)63-58-25-13-12-24-53(58)60-59-51-22-10-8-20-49(51)54(38-55(59)50-21-9-11-23-52(50)61(60)63)41-28-30-42(31-29-41)56-36-47(45-32-26-39-14-4-6-16-43(39)34-45)37-57(62-56)46-33-27-40-15-5-7-17-44(40)35-46;1-3-12-31-25-33(18-17-28(31)9-1)34-21-24-41-40(27-34)43-42-36-14-6-5-11-30(36)20-23-38(42)37-15-7-8-16-39(37)44(43)45(41)35-22-19-29-10-2-4-13-32(29)26-35;1-3-11-24(12-4-1)26-20-22-33-32(23-26)35-34-28-16-8-7-13-25(28)19-21-30(34)29-17-9-10-18-31(29)36(35)37(33)27-14-5-2-6-15-27/h1-38H;1-27H;1-23H. The first kappa shape index (κ1) is 82.9. The van der Waals surface area contributed by atoms with Crippen molar-refractivity contribution in [3.05, 3.63) is 534 Å². The summed E-state index contributed by atoms with van der Waals surface area (Å²) in [6, 6.07) is 195. The highest BCUT2D eigenvalue weighted by atomic mass is 15.0. The number of para-hydroxylation sites is 3. The van der Waals surface area contributed by atoms with Crippen LogP contribution in [0.25, 0.3) is 290 Å². The number of pyridine rings is 1. The van der Waals surface area contributed by atoms with Crippen molar-refractivity contribution in [3.8, 4) is 84.1 Å². The monoisotopic (exact) mass is 1840 g/mol. The Morgan fingerprint density at radius 3 is 0.931 bits per heavy atom. The Balaban J connectivity index is 0.000000107. The Morgan fingerprint density at radius 1 is 0.124 bits per heavy atom. The summed E-state index contributed by atoms with van der Waals surface area (Å²) in [5.41, 5.74) is 24.7. The van der Waals surface area contributed by atoms with Gasteiger partial charge >= 0.3 is 0 Å². The van der Waals surface area contributed by atoms with Crippen molar-refractivity contribution in [1.29, 1.82) is 0 Å². The highest BCUT2D eigenvalue weighted by molar-refractivity contribution is 6.41. The van der Waals surface area contributed by atoms with Gasteiger partial charge in [0.15, 0.2) is 0 Å². The van der Waals surface area contributed by atoms with Gasteiger partial charge in [0.05, 0.1) is 44.5 Å². The van der Waals surface area contributed by atoms with Gasteiger partial charge in [-0.2, -0.15) is 0 Å². The van der Waals surface area contributed by atoms with Crippen LogP contribution in [-0.2, 0) is 0 Å². The van der Waals surface area contributed by atoms with Crippen molar-refractivity contribution in [2.24, 2.45) is 0 Å². The second-order valence-electron chi connectivity index (χ2n) is 38.6. The fourth-order valence-electron chi connectivity index (χ4n) is 23.9. The molecule has 0 atom stereocenters. The van der Waals surface area contributed by atoms with Gasteiger partial charge in [0.1, 0.15) is 0 Å². The molecule has 0 aliphatic rings. The maximum atomic E-state index is 5.37. The maximum Gasteiger partial charge on any atom is 0.0715 e. The van der Waals surface area contributed by atoms with E-state index in [0.717, 1.165) is 33.8 Å². The summed E-state index contributed by atoms with van der Waals surface area (Å²) in [7, 11) is 0. The predicted octanol–water partition coefficient (Wildman–Crippen LogP) is 38.7. The zero-order valence-electron chi connectivity index (χ0n) is 79.1. The van der Waals surface area contributed by atoms with E-state index in [0.29, 0.717) is 0 Å². The van der Waals surface area contributed by atoms with Crippen LogP contribution in [0, 0.1) is 0 Å². The van der Waals surface area contributed by atoms with E-state index in [2.05, 4.69) is 548 Å². The molecule has 0 N–H and O–H groups in total. The number of aromatic nitrogens is 4. The Labute approximate surface area is 835 Å². The van der Waals surface area contributed by atoms with Crippen LogP contribution in [0.15, 0.2) is 534 Å². The molecule has 31 aromatic rings. The van der Waals surface area contributed by atoms with Gasteiger partial charge in [-0.15, -0.1) is 0 Å². The third-order valence-corrected chi connectivity index (χ3v) is 30.5. The van der Waals surface area contributed by atoms with Crippen LogP contribution >= 0.6 is 0 Å². The molecule has 145 heavy (non-hydrogen) atoms. The topological polar surface area (TPSA) is 27.7 Å². The zero-order valence-corrected chi connectivity index (χ0v) is 79.1. The van der Waals surface area contributed by atoms with Crippen molar-refractivity contribution in [2.45, 2.75) is 0 Å². The molecule has 0 bridgehead atoms. The molecule has 0 aliphatic heterocycles. The second-order valence-corrected chi connectivity index (χ2v) is 38.6. The molecule has 672 valence electrons. The molecule has 0 saturated carbocycles. The number of rotatable bonds is 9. The average molecular weight is 1840 g/mol. The summed E-state index contributed by atoms with van der Waals surface area (Å²) >= 11 is 0. The lowest BCUT2D eigenvalue weighted by atomic mass is 9.88. The van der Waals surface area contributed by atoms with Crippen molar-refractivity contribution in [1.82, 2.24) is 18.7 Å². The summed E-state index contributed by atoms with van der Waals surface area (Å²) in [6.07, 6.45) is 0. The first-order chi connectivity index (χ1) is 71.9. The molecular weight excluding hydrogens is 1750 g/mol. The average Bonchev–Trinajstić information content (AvgIpc) is 1.61. The molecule has 0 amide bonds. The SMILES string of the molecule is c1ccc(-c2ccc3c(c2)c2c4c5ccccc5ccc4c4ccccc4c2n3-c2ccccc2)cc1.c1ccc(-n2c3ccccc3c3c4c5ccccc5c(-c5ccc(-c6cc(-c7ccc8ccccc8c7)cc(-c7ccc8ccccc8c7)n6)cc5)cc4c4ccccc4c32)cc1.c1ccc2cc(-c3ccc4c(c3)c3c5c6ccccc6ccc5c5ccccc5c3n4-c3ccc4ccccc4c3)ccc2c1. The summed E-state index contributed by atoms with van der Waals surface area (Å²) in [5, 5.41) is 40.7. The fraction of sp³-hybridized carbons (Fsp3) is 0. The van der Waals surface area contributed by atoms with Crippen LogP contribution < -0.4 is 0 Å². The van der Waals surface area contributed by atoms with Crippen LogP contribution in [0.3, 0.4) is 0 Å². The Bertz CT molecular complexity index is 10700. The van der Waals surface area contributed by atoms with Gasteiger partial charge in [0, 0.05) is 92.8 Å². The number of fused-ring (bicyclic) bond motifs is 34. The van der Waals surface area contributed by atoms with Crippen LogP contribution in [0.4, 0.5) is 0 Å². The molecule has 31 rings (SSSR count). The van der Waals surface area contributed by atoms with E-state index in [1.54, 1.807) is 0 Å². The number of hydrogen-bond acceptors (Lipinski definition) is 1. The van der Waals surface area contributed by atoms with Gasteiger partial charge in [-0.1, -0.05) is 431 Å². The van der Waals surface area contributed by atoms with Crippen molar-refractivity contribution in [3.63, 3.8) is 0 Å². The van der Waals surface area contributed by atoms with E-state index in [9.17, 15) is 0 Å². The molecular formula is C141H88N4. The second kappa shape index (κ2) is 33.9. The van der Waals surface area contributed by atoms with Crippen LogP contribution in [-0.4, -0.2) is 18.7 Å². The smallest absolute Gasteiger partial charge is 0.0715 e. The quantitative estimate of drug-likeness (QED) is 0.132. The molecule has 4 heteroatoms. The van der Waals surface area contributed by atoms with Crippen LogP contribution in [0.5, 0.6) is 0 Å². The zero-order chi connectivity index (χ0) is 95.3. The molecule has 0 spiro atoms. The number of hydrogen-bond donors (Lipinski definition) is 0. The van der Waals surface area contributed by atoms with E-state index in [1.807, 2.05) is 0 Å². The van der Waals surface area contributed by atoms with Crippen LogP contribution in [0.1, 0.15) is 0 Å². The van der Waals surface area contributed by atoms with Gasteiger partial charge in [-0.05, 0) is 255 Å². The van der Waals surface area contributed by atoms with Crippen molar-refractivity contribution >= 4 is 205 Å². The van der Waals surface area contributed by atoms with Gasteiger partial charge in [-0.3, -0.25) is 0 Å². The lowest BCUT2D eigenvalue weighted by Gasteiger charge is -2.16. The summed E-state index contributed by atoms with van der Waals surface area (Å²) in [6.45, 7) is 0. The maximum absolute atomic E-state index is 5.37. The minimum atomic E-state index is 0.946. The van der Waals surface area contributed by atoms with E-state index >= 15 is 0 Å². The highest BCUT2D eigenvalue weighted by Crippen LogP contribution is 2.52. The minimum Gasteiger partial charge on any atom is -0.309 e. The molecule has 4 heterocycles. The van der Waals surface area contributed by atoms with E-state index < -0.39 is 0 Å². The molecule has 0 unspecified atom stereocenters. The Kier molecular flexibility index (Phi) is 19.4. The van der Waals surface area contributed by atoms with Gasteiger partial charge < -0.3 is 13.7 Å². The summed E-state index contributed by atoms with van der Waals surface area (Å²) in [5.74, 6) is 0. The molecule has 4 nitrogen and oxygen atoms in total. The first-order valence-corrected chi connectivity index (χ1v) is 50.1. The third kappa shape index (κ3) is 13.6. The lowest BCUT2D eigenvalue weighted by molar-refractivity contribution is 1.19. The van der Waals surface area contributed by atoms with E-state index in [-0.39, 0.29) is 0 Å². The van der Waals surface area contributed by atoms with Crippen molar-refractivity contribution in [2.75, 3.05) is 0 Å². The highest BCUT2D eigenvalue weighted by Gasteiger charge is 2.27. The number of nitrogens with zero attached hydrogens (tertiary/aromatic N) is 4. The minimum absolute atomic E-state index is 0.946. The molecule has 4 aromatic heterocycles. The summed E-state index contributed by atoms with van der Waals surface area (Å²) in [4.78, 5) is 5.37. The van der Waals surface area contributed by atoms with E-state index in [1.165, 1.54) is 256 Å². The Hall–Kier alpha value is -19.1. The van der Waals surface area contributed by atoms with Crippen LogP contribution in [0.2, 0.25) is 0 Å². The Morgan fingerprint density at radius 2 is 0.428 bits per heavy atom.